The lowest BCUT2D eigenvalue weighted by molar-refractivity contribution is 0.278. The molecule has 0 aliphatic rings. The Balaban J connectivity index is 2.64. The Morgan fingerprint density at radius 1 is 1.38 bits per heavy atom. The van der Waals surface area contributed by atoms with Gasteiger partial charge in [-0.25, -0.2) is 0 Å². The zero-order valence-corrected chi connectivity index (χ0v) is 11.0. The molecule has 0 spiro atoms. The molecule has 1 N–H and O–H groups in total. The van der Waals surface area contributed by atoms with E-state index in [2.05, 4.69) is 30.1 Å². The van der Waals surface area contributed by atoms with Crippen molar-refractivity contribution < 1.29 is 4.42 Å². The third kappa shape index (κ3) is 3.65. The maximum atomic E-state index is 5.69. The summed E-state index contributed by atoms with van der Waals surface area (Å²) in [6.45, 7) is 10.5. The molecule has 3 nitrogen and oxygen atoms in total. The molecule has 0 aliphatic carbocycles. The van der Waals surface area contributed by atoms with Crippen LogP contribution in [0.25, 0.3) is 0 Å². The monoisotopic (exact) mass is 224 g/mol. The normalized spacial score (nSPS) is 11.3. The Bertz CT molecular complexity index is 307. The van der Waals surface area contributed by atoms with Crippen molar-refractivity contribution in [3.05, 3.63) is 23.2 Å². The van der Waals surface area contributed by atoms with Gasteiger partial charge < -0.3 is 9.73 Å². The fraction of sp³-hybridized carbons (Fsp3) is 0.692. The van der Waals surface area contributed by atoms with Gasteiger partial charge in [-0.2, -0.15) is 0 Å². The molecule has 0 unspecified atom stereocenters. The molecule has 0 radical (unpaired) electrons. The van der Waals surface area contributed by atoms with Crippen molar-refractivity contribution in [2.24, 2.45) is 0 Å². The van der Waals surface area contributed by atoms with Crippen LogP contribution < -0.4 is 5.32 Å². The van der Waals surface area contributed by atoms with E-state index >= 15 is 0 Å². The van der Waals surface area contributed by atoms with Crippen LogP contribution in [-0.2, 0) is 13.1 Å². The average molecular weight is 224 g/mol. The maximum Gasteiger partial charge on any atom is 0.118 e. The van der Waals surface area contributed by atoms with Gasteiger partial charge in [-0.3, -0.25) is 4.90 Å². The van der Waals surface area contributed by atoms with Gasteiger partial charge in [0.1, 0.15) is 11.5 Å². The molecule has 1 rings (SSSR count). The van der Waals surface area contributed by atoms with E-state index in [0.29, 0.717) is 0 Å². The molecular weight excluding hydrogens is 200 g/mol. The highest BCUT2D eigenvalue weighted by Crippen LogP contribution is 2.16. The second-order valence-corrected chi connectivity index (χ2v) is 4.19. The number of rotatable bonds is 7. The molecule has 0 fully saturated rings. The van der Waals surface area contributed by atoms with Gasteiger partial charge in [0.15, 0.2) is 0 Å². The minimum absolute atomic E-state index is 0.806. The first-order chi connectivity index (χ1) is 7.71. The van der Waals surface area contributed by atoms with Crippen molar-refractivity contribution in [2.75, 3.05) is 20.1 Å². The van der Waals surface area contributed by atoms with Gasteiger partial charge in [-0.15, -0.1) is 0 Å². The fourth-order valence-corrected chi connectivity index (χ4v) is 1.91. The first kappa shape index (κ1) is 13.3. The summed E-state index contributed by atoms with van der Waals surface area (Å²) >= 11 is 0. The first-order valence-electron chi connectivity index (χ1n) is 6.16. The largest absolute Gasteiger partial charge is 0.465 e. The molecule has 0 saturated carbocycles. The highest BCUT2D eigenvalue weighted by atomic mass is 16.3. The summed E-state index contributed by atoms with van der Waals surface area (Å²) < 4.78 is 5.69. The third-order valence-corrected chi connectivity index (χ3v) is 2.80. The van der Waals surface area contributed by atoms with Crippen molar-refractivity contribution in [2.45, 2.75) is 40.3 Å². The summed E-state index contributed by atoms with van der Waals surface area (Å²) in [6.07, 6.45) is 1.20. The van der Waals surface area contributed by atoms with Crippen LogP contribution in [-0.4, -0.2) is 25.0 Å². The van der Waals surface area contributed by atoms with Crippen LogP contribution in [0.15, 0.2) is 10.5 Å². The number of hydrogen-bond donors (Lipinski definition) is 1. The molecule has 0 amide bonds. The molecule has 16 heavy (non-hydrogen) atoms. The summed E-state index contributed by atoms with van der Waals surface area (Å²) in [5.41, 5.74) is 1.32. The highest BCUT2D eigenvalue weighted by molar-refractivity contribution is 5.20. The lowest BCUT2D eigenvalue weighted by Crippen LogP contribution is -2.23. The Kier molecular flexibility index (Phi) is 5.56. The van der Waals surface area contributed by atoms with Crippen LogP contribution in [0.3, 0.4) is 0 Å². The number of nitrogens with one attached hydrogen (secondary N) is 1. The van der Waals surface area contributed by atoms with Crippen LogP contribution >= 0.6 is 0 Å². The zero-order valence-electron chi connectivity index (χ0n) is 11.0. The molecule has 0 bridgehead atoms. The van der Waals surface area contributed by atoms with Crippen molar-refractivity contribution >= 4 is 0 Å². The number of hydrogen-bond acceptors (Lipinski definition) is 3. The summed E-state index contributed by atoms with van der Waals surface area (Å²) in [7, 11) is 1.94. The molecule has 1 aromatic heterocycles. The maximum absolute atomic E-state index is 5.69. The Hall–Kier alpha value is -0.800. The predicted octanol–water partition coefficient (Wildman–Crippen LogP) is 2.54. The Labute approximate surface area is 98.8 Å². The van der Waals surface area contributed by atoms with Crippen molar-refractivity contribution in [1.29, 1.82) is 0 Å². The summed E-state index contributed by atoms with van der Waals surface area (Å²) in [5, 5.41) is 3.11. The van der Waals surface area contributed by atoms with Crippen molar-refractivity contribution in [1.82, 2.24) is 10.2 Å². The first-order valence-corrected chi connectivity index (χ1v) is 6.16. The van der Waals surface area contributed by atoms with E-state index in [1.165, 1.54) is 12.0 Å². The lowest BCUT2D eigenvalue weighted by atomic mass is 10.2. The van der Waals surface area contributed by atoms with Gasteiger partial charge in [0, 0.05) is 12.1 Å². The minimum Gasteiger partial charge on any atom is -0.465 e. The number of furan rings is 1. The summed E-state index contributed by atoms with van der Waals surface area (Å²) in [5.74, 6) is 2.09. The molecule has 1 heterocycles. The predicted molar refractivity (Wildman–Crippen MR) is 67.5 cm³/mol. The molecule has 0 atom stereocenters. The quantitative estimate of drug-likeness (QED) is 0.771. The average Bonchev–Trinajstić information content (AvgIpc) is 2.59. The Morgan fingerprint density at radius 3 is 2.69 bits per heavy atom. The SMILES string of the molecule is CCCN(CC)Cc1cc(CNC)oc1C. The molecule has 1 aromatic rings. The van der Waals surface area contributed by atoms with Crippen molar-refractivity contribution in [3.63, 3.8) is 0 Å². The van der Waals surface area contributed by atoms with Crippen LogP contribution in [0, 0.1) is 6.92 Å². The van der Waals surface area contributed by atoms with Gasteiger partial charge in [0.25, 0.3) is 0 Å². The molecule has 0 aromatic carbocycles. The van der Waals surface area contributed by atoms with E-state index in [0.717, 1.165) is 37.7 Å². The van der Waals surface area contributed by atoms with Gasteiger partial charge in [0.05, 0.1) is 6.54 Å². The second kappa shape index (κ2) is 6.71. The molecule has 3 heteroatoms. The molecule has 92 valence electrons. The van der Waals surface area contributed by atoms with Gasteiger partial charge in [0.2, 0.25) is 0 Å². The van der Waals surface area contributed by atoms with Crippen molar-refractivity contribution in [3.8, 4) is 0 Å². The third-order valence-electron chi connectivity index (χ3n) is 2.80. The number of aryl methyl sites for hydroxylation is 1. The fourth-order valence-electron chi connectivity index (χ4n) is 1.91. The van der Waals surface area contributed by atoms with Gasteiger partial charge >= 0.3 is 0 Å². The second-order valence-electron chi connectivity index (χ2n) is 4.19. The standard InChI is InChI=1S/C13H24N2O/c1-5-7-15(6-2)10-12-8-13(9-14-4)16-11(12)3/h8,14H,5-7,9-10H2,1-4H3. The number of nitrogens with zero attached hydrogens (tertiary/aromatic N) is 1. The van der Waals surface area contributed by atoms with Crippen LogP contribution in [0.4, 0.5) is 0 Å². The van der Waals surface area contributed by atoms with E-state index in [1.54, 1.807) is 0 Å². The summed E-state index contributed by atoms with van der Waals surface area (Å²) in [4.78, 5) is 2.45. The van der Waals surface area contributed by atoms with Crippen LogP contribution in [0.2, 0.25) is 0 Å². The molecule has 0 aliphatic heterocycles. The van der Waals surface area contributed by atoms with E-state index in [4.69, 9.17) is 4.42 Å². The smallest absolute Gasteiger partial charge is 0.118 e. The van der Waals surface area contributed by atoms with Crippen LogP contribution in [0.1, 0.15) is 37.4 Å². The lowest BCUT2D eigenvalue weighted by Gasteiger charge is -2.18. The van der Waals surface area contributed by atoms with E-state index in [9.17, 15) is 0 Å². The van der Waals surface area contributed by atoms with E-state index in [-0.39, 0.29) is 0 Å². The highest BCUT2D eigenvalue weighted by Gasteiger charge is 2.10. The zero-order chi connectivity index (χ0) is 12.0. The summed E-state index contributed by atoms with van der Waals surface area (Å²) in [6, 6.07) is 2.17. The van der Waals surface area contributed by atoms with Gasteiger partial charge in [-0.05, 0) is 39.5 Å². The van der Waals surface area contributed by atoms with E-state index in [1.807, 2.05) is 14.0 Å². The topological polar surface area (TPSA) is 28.4 Å². The minimum atomic E-state index is 0.806. The molecular formula is C13H24N2O. The van der Waals surface area contributed by atoms with E-state index < -0.39 is 0 Å². The van der Waals surface area contributed by atoms with Crippen LogP contribution in [0.5, 0.6) is 0 Å². The molecule has 0 saturated heterocycles. The Morgan fingerprint density at radius 2 is 2.12 bits per heavy atom. The van der Waals surface area contributed by atoms with Gasteiger partial charge in [-0.1, -0.05) is 13.8 Å².